The van der Waals surface area contributed by atoms with E-state index in [0.29, 0.717) is 5.16 Å². The molecular formula is C17H25F12N4O2PS. The molecule has 220 valence electrons. The Morgan fingerprint density at radius 1 is 1.03 bits per heavy atom. The van der Waals surface area contributed by atoms with Gasteiger partial charge in [0.2, 0.25) is 0 Å². The number of thioether (sulfide) groups is 1. The van der Waals surface area contributed by atoms with E-state index in [1.54, 1.807) is 41.4 Å². The quantitative estimate of drug-likeness (QED) is 0.0959. The molecule has 0 fully saturated rings. The summed E-state index contributed by atoms with van der Waals surface area (Å²) in [6, 6.07) is 0. The van der Waals surface area contributed by atoms with Crippen LogP contribution in [-0.4, -0.2) is 77.4 Å². The zero-order valence-corrected chi connectivity index (χ0v) is 21.8. The first-order chi connectivity index (χ1) is 16.0. The summed E-state index contributed by atoms with van der Waals surface area (Å²) in [4.78, 5) is 17.7. The van der Waals surface area contributed by atoms with Gasteiger partial charge in [-0.1, -0.05) is 18.7 Å². The number of nitrogens with zero attached hydrogens (tertiary/aromatic N) is 4. The molecule has 1 heterocycles. The van der Waals surface area contributed by atoms with Gasteiger partial charge in [-0.15, -0.1) is 0 Å². The predicted molar refractivity (Wildman–Crippen MR) is 116 cm³/mol. The monoisotopic (exact) mass is 608 g/mol. The number of halogens is 12. The summed E-state index contributed by atoms with van der Waals surface area (Å²) in [5, 5.41) is 8.06. The Morgan fingerprint density at radius 3 is 1.57 bits per heavy atom. The fourth-order valence-electron chi connectivity index (χ4n) is 1.30. The van der Waals surface area contributed by atoms with Crippen LogP contribution in [0.1, 0.15) is 18.9 Å². The molecule has 0 saturated heterocycles. The van der Waals surface area contributed by atoms with Crippen molar-refractivity contribution < 1.29 is 66.0 Å². The van der Waals surface area contributed by atoms with E-state index in [2.05, 4.69) is 9.97 Å². The van der Waals surface area contributed by atoms with Crippen LogP contribution in [0.15, 0.2) is 29.3 Å². The molecule has 0 amide bonds. The zero-order chi connectivity index (χ0) is 30.5. The fraction of sp³-hybridized carbons (Fsp3) is 0.529. The average molecular weight is 608 g/mol. The number of carboxylic acid groups (broad SMARTS) is 1. The number of aliphatic carboxylic acids is 1. The second-order valence-electron chi connectivity index (χ2n) is 6.80. The Hall–Kier alpha value is -2.30. The van der Waals surface area contributed by atoms with Gasteiger partial charge in [-0.3, -0.25) is 4.79 Å². The molecule has 0 bridgehead atoms. The van der Waals surface area contributed by atoms with Crippen molar-refractivity contribution in [2.75, 3.05) is 34.4 Å². The van der Waals surface area contributed by atoms with Crippen molar-refractivity contribution >= 4 is 31.8 Å². The molecule has 37 heavy (non-hydrogen) atoms. The Kier molecular flexibility index (Phi) is 14.9. The first kappa shape index (κ1) is 39.2. The summed E-state index contributed by atoms with van der Waals surface area (Å²) in [6.07, 6.45) is -3.09. The fourth-order valence-corrected chi connectivity index (χ4v) is 1.62. The average Bonchev–Trinajstić information content (AvgIpc) is 2.64. The normalized spacial score (nSPS) is 13.6. The van der Waals surface area contributed by atoms with Crippen LogP contribution in [-0.2, 0) is 11.0 Å². The van der Waals surface area contributed by atoms with Gasteiger partial charge >= 0.3 is 51.3 Å². The van der Waals surface area contributed by atoms with Gasteiger partial charge in [0.25, 0.3) is 0 Å². The van der Waals surface area contributed by atoms with Crippen molar-refractivity contribution in [3.8, 4) is 0 Å². The number of carbonyl (C=O) groups is 1. The minimum absolute atomic E-state index is 0.222. The standard InChI is InChI=1S/C8H14F3N2.C6H5F3N2S.C3H6O2.F6P/c1-12(2)5-7(6-13(3)4)8(9,10)11;1-12-5-10-2-4(3-11-5)6(7,8)9;1-2-3(4)5;1-7(2,3,4,5)6/h5-6H,1-4H3;2-3H,1H3;2H2,1H3,(H,4,5);/q+1;;;-1. The van der Waals surface area contributed by atoms with Crippen LogP contribution in [0.3, 0.4) is 0 Å². The SMILES string of the molecule is CCC(=O)O.CN(C)/C=C(/C=[N+](C)C)C(F)(F)F.CSc1ncc(C(F)(F)F)cn1.F[P-](F)(F)(F)(F)F. The summed E-state index contributed by atoms with van der Waals surface area (Å²) in [7, 11) is -4.45. The maximum atomic E-state index is 12.3. The van der Waals surface area contributed by atoms with E-state index in [0.717, 1.165) is 24.8 Å². The molecule has 0 aliphatic heterocycles. The predicted octanol–water partition coefficient (Wildman–Crippen LogP) is 7.42. The number of aromatic nitrogens is 2. The first-order valence-corrected chi connectivity index (χ1v) is 12.4. The van der Waals surface area contributed by atoms with Crippen LogP contribution in [0.4, 0.5) is 51.5 Å². The van der Waals surface area contributed by atoms with Crippen LogP contribution in [0.5, 0.6) is 0 Å². The van der Waals surface area contributed by atoms with Crippen molar-refractivity contribution in [3.05, 3.63) is 29.7 Å². The number of hydrogen-bond donors (Lipinski definition) is 1. The molecule has 1 aromatic heterocycles. The summed E-state index contributed by atoms with van der Waals surface area (Å²) in [6.45, 7) is 1.60. The molecule has 1 aromatic rings. The van der Waals surface area contributed by atoms with E-state index in [1.807, 2.05) is 0 Å². The van der Waals surface area contributed by atoms with Gasteiger partial charge in [-0.25, -0.2) is 14.5 Å². The molecule has 0 atom stereocenters. The first-order valence-electron chi connectivity index (χ1n) is 9.17. The summed E-state index contributed by atoms with van der Waals surface area (Å²) >= 11 is 1.20. The summed E-state index contributed by atoms with van der Waals surface area (Å²) in [5.74, 6) is -0.745. The van der Waals surface area contributed by atoms with Gasteiger partial charge in [-0.2, -0.15) is 26.3 Å². The number of carboxylic acids is 1. The minimum atomic E-state index is -10.7. The van der Waals surface area contributed by atoms with Crippen LogP contribution in [0.2, 0.25) is 0 Å². The molecular weight excluding hydrogens is 583 g/mol. The molecule has 0 unspecified atom stereocenters. The molecule has 20 heteroatoms. The second kappa shape index (κ2) is 14.0. The third-order valence-electron chi connectivity index (χ3n) is 2.56. The van der Waals surface area contributed by atoms with Gasteiger partial charge in [-0.05, 0) is 6.26 Å². The molecule has 0 aromatic carbocycles. The Labute approximate surface area is 208 Å². The van der Waals surface area contributed by atoms with Crippen molar-refractivity contribution in [2.24, 2.45) is 0 Å². The molecule has 6 nitrogen and oxygen atoms in total. The maximum absolute atomic E-state index is 12.3. The molecule has 0 radical (unpaired) electrons. The third kappa shape index (κ3) is 33.7. The van der Waals surface area contributed by atoms with Gasteiger partial charge < -0.3 is 10.0 Å². The molecule has 0 saturated carbocycles. The molecule has 1 N–H and O–H groups in total. The van der Waals surface area contributed by atoms with E-state index >= 15 is 0 Å². The Bertz CT molecular complexity index is 883. The van der Waals surface area contributed by atoms with Crippen molar-refractivity contribution in [3.63, 3.8) is 0 Å². The zero-order valence-electron chi connectivity index (χ0n) is 20.1. The number of hydrogen-bond acceptors (Lipinski definition) is 5. The van der Waals surface area contributed by atoms with Crippen LogP contribution >= 0.6 is 19.6 Å². The van der Waals surface area contributed by atoms with Crippen molar-refractivity contribution in [1.82, 2.24) is 14.9 Å². The number of alkyl halides is 6. The van der Waals surface area contributed by atoms with Crippen molar-refractivity contribution in [2.45, 2.75) is 30.9 Å². The number of rotatable bonds is 4. The van der Waals surface area contributed by atoms with Gasteiger partial charge in [0.05, 0.1) is 5.56 Å². The number of allylic oxidation sites excluding steroid dienone is 1. The summed E-state index contributed by atoms with van der Waals surface area (Å²) in [5.41, 5.74) is -1.48. The second-order valence-corrected chi connectivity index (χ2v) is 9.49. The van der Waals surface area contributed by atoms with Gasteiger partial charge in [0, 0.05) is 39.1 Å². The molecule has 0 aliphatic rings. The van der Waals surface area contributed by atoms with Crippen LogP contribution in [0, 0.1) is 0 Å². The summed E-state index contributed by atoms with van der Waals surface area (Å²) < 4.78 is 133. The third-order valence-corrected chi connectivity index (χ3v) is 3.14. The topological polar surface area (TPSA) is 69.3 Å². The Balaban J connectivity index is -0.000000444. The van der Waals surface area contributed by atoms with Crippen LogP contribution in [0.25, 0.3) is 0 Å². The molecule has 1 rings (SSSR count). The van der Waals surface area contributed by atoms with E-state index < -0.39 is 37.3 Å². The van der Waals surface area contributed by atoms with Crippen molar-refractivity contribution in [1.29, 1.82) is 0 Å². The van der Waals surface area contributed by atoms with E-state index in [-0.39, 0.29) is 6.42 Å². The van der Waals surface area contributed by atoms with Crippen LogP contribution < -0.4 is 0 Å². The van der Waals surface area contributed by atoms with E-state index in [4.69, 9.17) is 5.11 Å². The van der Waals surface area contributed by atoms with Gasteiger partial charge in [0.15, 0.2) is 11.4 Å². The van der Waals surface area contributed by atoms with E-state index in [9.17, 15) is 56.3 Å². The van der Waals surface area contributed by atoms with E-state index in [1.165, 1.54) is 21.2 Å². The Morgan fingerprint density at radius 2 is 1.38 bits per heavy atom. The molecule has 0 aliphatic carbocycles. The molecule has 0 spiro atoms. The van der Waals surface area contributed by atoms with Gasteiger partial charge in [0.1, 0.15) is 19.7 Å².